The minimum atomic E-state index is 0.822. The van der Waals surface area contributed by atoms with Crippen molar-refractivity contribution in [2.24, 2.45) is 0 Å². The van der Waals surface area contributed by atoms with Gasteiger partial charge in [-0.25, -0.2) is 4.98 Å². The van der Waals surface area contributed by atoms with Gasteiger partial charge in [-0.3, -0.25) is 14.3 Å². The lowest BCUT2D eigenvalue weighted by atomic mass is 10.0. The van der Waals surface area contributed by atoms with E-state index in [1.165, 1.54) is 16.7 Å². The minimum Gasteiger partial charge on any atom is -0.379 e. The summed E-state index contributed by atoms with van der Waals surface area (Å²) in [6, 6.07) is 27.6. The van der Waals surface area contributed by atoms with Crippen LogP contribution in [0.15, 0.2) is 97.5 Å². The van der Waals surface area contributed by atoms with E-state index in [-0.39, 0.29) is 0 Å². The molecule has 5 heteroatoms. The van der Waals surface area contributed by atoms with Crippen molar-refractivity contribution in [2.45, 2.75) is 6.54 Å². The highest BCUT2D eigenvalue weighted by Crippen LogP contribution is 2.28. The van der Waals surface area contributed by atoms with Crippen molar-refractivity contribution in [1.29, 1.82) is 0 Å². The molecule has 0 N–H and O–H groups in total. The second kappa shape index (κ2) is 9.21. The first-order valence-corrected chi connectivity index (χ1v) is 11.7. The van der Waals surface area contributed by atoms with E-state index in [4.69, 9.17) is 9.72 Å². The Morgan fingerprint density at radius 1 is 0.735 bits per heavy atom. The van der Waals surface area contributed by atoms with Crippen LogP contribution in [0.1, 0.15) is 5.56 Å². The zero-order valence-corrected chi connectivity index (χ0v) is 19.0. The van der Waals surface area contributed by atoms with Crippen LogP contribution in [0.25, 0.3) is 39.3 Å². The van der Waals surface area contributed by atoms with Crippen molar-refractivity contribution in [2.75, 3.05) is 26.3 Å². The number of hydrogen-bond acceptors (Lipinski definition) is 4. The van der Waals surface area contributed by atoms with Gasteiger partial charge in [0.2, 0.25) is 0 Å². The Kier molecular flexibility index (Phi) is 5.63. The number of ether oxygens (including phenoxy) is 1. The molecule has 0 bridgehead atoms. The molecular weight excluding hydrogens is 420 g/mol. The van der Waals surface area contributed by atoms with Gasteiger partial charge in [0, 0.05) is 43.2 Å². The summed E-state index contributed by atoms with van der Waals surface area (Å²) >= 11 is 0. The molecule has 0 amide bonds. The van der Waals surface area contributed by atoms with Gasteiger partial charge in [0.1, 0.15) is 5.65 Å². The molecule has 5 aromatic rings. The molecular formula is C29H26N4O. The number of rotatable bonds is 5. The summed E-state index contributed by atoms with van der Waals surface area (Å²) in [5, 5.41) is 0. The van der Waals surface area contributed by atoms with Crippen LogP contribution in [-0.4, -0.2) is 45.6 Å². The zero-order chi connectivity index (χ0) is 22.7. The number of imidazole rings is 1. The van der Waals surface area contributed by atoms with E-state index in [1.807, 2.05) is 36.7 Å². The van der Waals surface area contributed by atoms with Crippen LogP contribution < -0.4 is 0 Å². The average molecular weight is 447 g/mol. The molecule has 4 heterocycles. The molecule has 1 fully saturated rings. The lowest BCUT2D eigenvalue weighted by Crippen LogP contribution is -2.35. The van der Waals surface area contributed by atoms with E-state index in [9.17, 15) is 0 Å². The molecule has 5 nitrogen and oxygen atoms in total. The van der Waals surface area contributed by atoms with Crippen molar-refractivity contribution < 1.29 is 4.74 Å². The molecule has 2 aromatic carbocycles. The van der Waals surface area contributed by atoms with E-state index in [0.29, 0.717) is 0 Å². The van der Waals surface area contributed by atoms with Crippen LogP contribution in [-0.2, 0) is 11.3 Å². The molecule has 0 saturated carbocycles. The molecule has 0 aliphatic carbocycles. The Morgan fingerprint density at radius 2 is 1.56 bits per heavy atom. The first-order chi connectivity index (χ1) is 16.8. The fraction of sp³-hybridized carbons (Fsp3) is 0.172. The van der Waals surface area contributed by atoms with Crippen molar-refractivity contribution in [3.63, 3.8) is 0 Å². The first-order valence-electron chi connectivity index (χ1n) is 11.7. The summed E-state index contributed by atoms with van der Waals surface area (Å²) in [7, 11) is 0. The van der Waals surface area contributed by atoms with Gasteiger partial charge in [-0.2, -0.15) is 0 Å². The van der Waals surface area contributed by atoms with E-state index in [1.54, 1.807) is 0 Å². The average Bonchev–Trinajstić information content (AvgIpc) is 3.33. The van der Waals surface area contributed by atoms with Crippen LogP contribution >= 0.6 is 0 Å². The fourth-order valence-electron chi connectivity index (χ4n) is 4.60. The molecule has 168 valence electrons. The van der Waals surface area contributed by atoms with Crippen LogP contribution in [0.4, 0.5) is 0 Å². The molecule has 6 rings (SSSR count). The van der Waals surface area contributed by atoms with E-state index >= 15 is 0 Å². The Bertz CT molecular complexity index is 1420. The molecule has 0 spiro atoms. The summed E-state index contributed by atoms with van der Waals surface area (Å²) in [5.41, 5.74) is 8.88. The van der Waals surface area contributed by atoms with Gasteiger partial charge in [-0.05, 0) is 47.0 Å². The summed E-state index contributed by atoms with van der Waals surface area (Å²) in [6.07, 6.45) is 5.92. The second-order valence-corrected chi connectivity index (χ2v) is 8.67. The van der Waals surface area contributed by atoms with E-state index in [0.717, 1.165) is 61.0 Å². The Balaban J connectivity index is 1.29. The number of pyridine rings is 2. The maximum Gasteiger partial charge on any atom is 0.137 e. The zero-order valence-electron chi connectivity index (χ0n) is 19.0. The van der Waals surface area contributed by atoms with Gasteiger partial charge >= 0.3 is 0 Å². The van der Waals surface area contributed by atoms with Crippen molar-refractivity contribution in [3.8, 4) is 33.6 Å². The Labute approximate surface area is 199 Å². The van der Waals surface area contributed by atoms with Gasteiger partial charge < -0.3 is 4.74 Å². The topological polar surface area (TPSA) is 42.7 Å². The number of aromatic nitrogens is 3. The Morgan fingerprint density at radius 3 is 2.44 bits per heavy atom. The molecule has 0 unspecified atom stereocenters. The normalized spacial score (nSPS) is 14.5. The second-order valence-electron chi connectivity index (χ2n) is 8.67. The summed E-state index contributed by atoms with van der Waals surface area (Å²) in [6.45, 7) is 4.59. The van der Waals surface area contributed by atoms with Gasteiger partial charge in [0.15, 0.2) is 0 Å². The number of hydrogen-bond donors (Lipinski definition) is 0. The van der Waals surface area contributed by atoms with Crippen molar-refractivity contribution >= 4 is 5.65 Å². The van der Waals surface area contributed by atoms with Gasteiger partial charge in [-0.15, -0.1) is 0 Å². The standard InChI is InChI=1S/C29H26N4O/c1-2-6-23(7-3-1)27-18-26(9-11-30-27)28-20-31-29-19-25(10-12-33(28)29)24-8-4-5-22(17-24)21-32-13-15-34-16-14-32/h1-12,17-20H,13-16,21H2. The monoisotopic (exact) mass is 446 g/mol. The third kappa shape index (κ3) is 4.23. The largest absolute Gasteiger partial charge is 0.379 e. The summed E-state index contributed by atoms with van der Waals surface area (Å²) in [4.78, 5) is 11.7. The van der Waals surface area contributed by atoms with E-state index < -0.39 is 0 Å². The lowest BCUT2D eigenvalue weighted by Gasteiger charge is -2.26. The molecule has 34 heavy (non-hydrogen) atoms. The SMILES string of the molecule is c1ccc(-c2cc(-c3cnc4cc(-c5cccc(CN6CCOCC6)c5)ccn34)ccn2)cc1. The van der Waals surface area contributed by atoms with Gasteiger partial charge in [0.05, 0.1) is 30.8 Å². The predicted octanol–water partition coefficient (Wildman–Crippen LogP) is 5.56. The van der Waals surface area contributed by atoms with Crippen LogP contribution in [0.2, 0.25) is 0 Å². The smallest absolute Gasteiger partial charge is 0.137 e. The van der Waals surface area contributed by atoms with Gasteiger partial charge in [-0.1, -0.05) is 48.5 Å². The highest BCUT2D eigenvalue weighted by atomic mass is 16.5. The maximum atomic E-state index is 5.48. The maximum absolute atomic E-state index is 5.48. The minimum absolute atomic E-state index is 0.822. The van der Waals surface area contributed by atoms with Gasteiger partial charge in [0.25, 0.3) is 0 Å². The number of fused-ring (bicyclic) bond motifs is 1. The summed E-state index contributed by atoms with van der Waals surface area (Å²) < 4.78 is 7.62. The molecule has 1 aliphatic rings. The fourth-order valence-corrected chi connectivity index (χ4v) is 4.60. The Hall–Kier alpha value is -3.80. The highest BCUT2D eigenvalue weighted by Gasteiger charge is 2.12. The van der Waals surface area contributed by atoms with Crippen molar-refractivity contribution in [3.05, 3.63) is 103 Å². The molecule has 0 atom stereocenters. The van der Waals surface area contributed by atoms with Crippen molar-refractivity contribution in [1.82, 2.24) is 19.3 Å². The number of nitrogens with zero attached hydrogens (tertiary/aromatic N) is 4. The van der Waals surface area contributed by atoms with Crippen LogP contribution in [0.5, 0.6) is 0 Å². The lowest BCUT2D eigenvalue weighted by molar-refractivity contribution is 0.0342. The molecule has 0 radical (unpaired) electrons. The highest BCUT2D eigenvalue weighted by molar-refractivity contribution is 5.73. The third-order valence-electron chi connectivity index (χ3n) is 6.41. The predicted molar refractivity (Wildman–Crippen MR) is 135 cm³/mol. The first kappa shape index (κ1) is 20.8. The van der Waals surface area contributed by atoms with E-state index in [2.05, 4.69) is 75.1 Å². The number of benzene rings is 2. The molecule has 3 aromatic heterocycles. The third-order valence-corrected chi connectivity index (χ3v) is 6.41. The number of morpholine rings is 1. The van der Waals surface area contributed by atoms with Crippen LogP contribution in [0.3, 0.4) is 0 Å². The summed E-state index contributed by atoms with van der Waals surface area (Å²) in [5.74, 6) is 0. The molecule has 1 aliphatic heterocycles. The quantitative estimate of drug-likeness (QED) is 0.354. The van der Waals surface area contributed by atoms with Crippen LogP contribution in [0, 0.1) is 0 Å². The molecule has 1 saturated heterocycles.